The standard InChI is InChI=1S/C30H42F2N4O3S/c1-30(31,32)15-7-17-39-24-11-6-10-22(18-24)12-13-23-19-25-27(29(38)33-23)28(34-26(37)20-40-2)36(35-25)16-14-21-8-4-3-5-9-21/h6,10-11,18,21,23H,3-5,7-9,12-17,19-20H2,1-2H3,(H,33,38)(H,34,37)/t23-/m0/s1. The third-order valence-corrected chi connectivity index (χ3v) is 8.29. The first-order chi connectivity index (χ1) is 19.2. The lowest BCUT2D eigenvalue weighted by Crippen LogP contribution is -2.41. The maximum Gasteiger partial charge on any atom is 0.257 e. The molecule has 0 unspecified atom stereocenters. The van der Waals surface area contributed by atoms with E-state index in [1.807, 2.05) is 35.2 Å². The zero-order chi connectivity index (χ0) is 28.5. The summed E-state index contributed by atoms with van der Waals surface area (Å²) in [5.41, 5.74) is 2.28. The molecule has 1 aromatic heterocycles. The number of thioether (sulfide) groups is 1. The predicted octanol–water partition coefficient (Wildman–Crippen LogP) is 6.26. The fourth-order valence-electron chi connectivity index (χ4n) is 5.68. The number of hydrogen-bond donors (Lipinski definition) is 2. The van der Waals surface area contributed by atoms with Gasteiger partial charge in [-0.05, 0) is 62.5 Å². The second-order valence-corrected chi connectivity index (χ2v) is 12.1. The van der Waals surface area contributed by atoms with Crippen molar-refractivity contribution in [3.63, 3.8) is 0 Å². The number of ether oxygens (including phenoxy) is 1. The molecule has 1 saturated carbocycles. The van der Waals surface area contributed by atoms with E-state index >= 15 is 0 Å². The number of aryl methyl sites for hydroxylation is 2. The number of hydrogen-bond acceptors (Lipinski definition) is 5. The number of alkyl halides is 2. The van der Waals surface area contributed by atoms with E-state index in [0.717, 1.165) is 37.4 Å². The average Bonchev–Trinajstić information content (AvgIpc) is 3.26. The van der Waals surface area contributed by atoms with Gasteiger partial charge in [-0.2, -0.15) is 16.9 Å². The second kappa shape index (κ2) is 14.3. The van der Waals surface area contributed by atoms with Gasteiger partial charge >= 0.3 is 0 Å². The van der Waals surface area contributed by atoms with E-state index < -0.39 is 5.92 Å². The molecule has 2 N–H and O–H groups in total. The second-order valence-electron chi connectivity index (χ2n) is 11.3. The first kappa shape index (κ1) is 30.3. The van der Waals surface area contributed by atoms with Crippen LogP contribution >= 0.6 is 11.8 Å². The van der Waals surface area contributed by atoms with Crippen molar-refractivity contribution in [1.29, 1.82) is 0 Å². The molecule has 0 bridgehead atoms. The first-order valence-electron chi connectivity index (χ1n) is 14.5. The summed E-state index contributed by atoms with van der Waals surface area (Å²) in [6, 6.07) is 7.58. The number of rotatable bonds is 14. The quantitative estimate of drug-likeness (QED) is 0.260. The maximum atomic E-state index is 13.3. The highest BCUT2D eigenvalue weighted by atomic mass is 32.2. The fraction of sp³-hybridized carbons (Fsp3) is 0.633. The Morgan fingerprint density at radius 2 is 2.05 bits per heavy atom. The highest BCUT2D eigenvalue weighted by Crippen LogP contribution is 2.30. The van der Waals surface area contributed by atoms with Crippen molar-refractivity contribution >= 4 is 29.4 Å². The number of amides is 2. The Hall–Kier alpha value is -2.62. The normalized spacial score (nSPS) is 17.8. The van der Waals surface area contributed by atoms with Gasteiger partial charge in [0.25, 0.3) is 5.91 Å². The van der Waals surface area contributed by atoms with E-state index in [4.69, 9.17) is 9.84 Å². The van der Waals surface area contributed by atoms with Crippen molar-refractivity contribution in [2.75, 3.05) is 23.9 Å². The van der Waals surface area contributed by atoms with Crippen LogP contribution in [0.3, 0.4) is 0 Å². The minimum absolute atomic E-state index is 0.0761. The molecule has 2 heterocycles. The Balaban J connectivity index is 1.38. The van der Waals surface area contributed by atoms with E-state index in [2.05, 4.69) is 10.6 Å². The number of carbonyl (C=O) groups is 2. The van der Waals surface area contributed by atoms with Gasteiger partial charge in [0.1, 0.15) is 17.1 Å². The van der Waals surface area contributed by atoms with Crippen molar-refractivity contribution in [2.24, 2.45) is 5.92 Å². The molecule has 2 aliphatic rings. The lowest BCUT2D eigenvalue weighted by atomic mass is 9.87. The molecule has 0 radical (unpaired) electrons. The molecule has 2 amide bonds. The monoisotopic (exact) mass is 576 g/mol. The van der Waals surface area contributed by atoms with Crippen molar-refractivity contribution < 1.29 is 23.1 Å². The smallest absolute Gasteiger partial charge is 0.257 e. The van der Waals surface area contributed by atoms with Crippen LogP contribution in [0.5, 0.6) is 5.75 Å². The van der Waals surface area contributed by atoms with Gasteiger partial charge in [0.05, 0.1) is 18.1 Å². The van der Waals surface area contributed by atoms with Crippen LogP contribution in [0.2, 0.25) is 0 Å². The van der Waals surface area contributed by atoms with E-state index in [0.29, 0.717) is 41.8 Å². The van der Waals surface area contributed by atoms with Crippen molar-refractivity contribution in [3.8, 4) is 5.75 Å². The molecule has 0 saturated heterocycles. The number of carbonyl (C=O) groups excluding carboxylic acids is 2. The number of fused-ring (bicyclic) bond motifs is 1. The topological polar surface area (TPSA) is 85.2 Å². The SMILES string of the molecule is CSCC(=O)Nc1c2c(nn1CCC1CCCCC1)C[C@H](CCc1cccc(OCCCC(C)(F)F)c1)NC2=O. The zero-order valence-corrected chi connectivity index (χ0v) is 24.5. The summed E-state index contributed by atoms with van der Waals surface area (Å²) in [5, 5.41) is 10.9. The minimum Gasteiger partial charge on any atom is -0.494 e. The van der Waals surface area contributed by atoms with Crippen LogP contribution in [0, 0.1) is 5.92 Å². The number of benzene rings is 1. The van der Waals surface area contributed by atoms with Gasteiger partial charge in [-0.15, -0.1) is 0 Å². The summed E-state index contributed by atoms with van der Waals surface area (Å²) < 4.78 is 33.6. The molecule has 4 rings (SSSR count). The molecule has 1 fully saturated rings. The van der Waals surface area contributed by atoms with Gasteiger partial charge in [0, 0.05) is 25.4 Å². The third-order valence-electron chi connectivity index (χ3n) is 7.74. The molecule has 0 spiro atoms. The van der Waals surface area contributed by atoms with Crippen molar-refractivity contribution in [3.05, 3.63) is 41.1 Å². The molecular weight excluding hydrogens is 534 g/mol. The number of nitrogens with zero attached hydrogens (tertiary/aromatic N) is 2. The van der Waals surface area contributed by atoms with Crippen LogP contribution in [0.25, 0.3) is 0 Å². The summed E-state index contributed by atoms with van der Waals surface area (Å²) in [4.78, 5) is 25.8. The Kier molecular flexibility index (Phi) is 10.9. The van der Waals surface area contributed by atoms with Crippen LogP contribution in [-0.2, 0) is 24.2 Å². The maximum absolute atomic E-state index is 13.3. The Morgan fingerprint density at radius 3 is 2.80 bits per heavy atom. The number of aromatic nitrogens is 2. The molecule has 1 aliphatic carbocycles. The summed E-state index contributed by atoms with van der Waals surface area (Å²) in [6.45, 7) is 1.85. The molecule has 1 atom stereocenters. The molecule has 2 aromatic rings. The van der Waals surface area contributed by atoms with E-state index in [1.165, 1.54) is 43.9 Å². The highest BCUT2D eigenvalue weighted by molar-refractivity contribution is 7.99. The van der Waals surface area contributed by atoms with E-state index in [1.54, 1.807) is 0 Å². The van der Waals surface area contributed by atoms with E-state index in [-0.39, 0.29) is 37.3 Å². The molecule has 7 nitrogen and oxygen atoms in total. The molecule has 10 heteroatoms. The number of halogens is 2. The largest absolute Gasteiger partial charge is 0.494 e. The lowest BCUT2D eigenvalue weighted by molar-refractivity contribution is -0.113. The van der Waals surface area contributed by atoms with Crippen LogP contribution in [0.1, 0.15) is 86.3 Å². The predicted molar refractivity (Wildman–Crippen MR) is 156 cm³/mol. The van der Waals surface area contributed by atoms with E-state index in [9.17, 15) is 18.4 Å². The summed E-state index contributed by atoms with van der Waals surface area (Å²) >= 11 is 1.44. The summed E-state index contributed by atoms with van der Waals surface area (Å²) in [6.07, 6.45) is 11.3. The average molecular weight is 577 g/mol. The van der Waals surface area contributed by atoms with Crippen LogP contribution < -0.4 is 15.4 Å². The molecule has 1 aliphatic heterocycles. The van der Waals surface area contributed by atoms with Gasteiger partial charge < -0.3 is 15.4 Å². The minimum atomic E-state index is -2.68. The Morgan fingerprint density at radius 1 is 1.25 bits per heavy atom. The van der Waals surface area contributed by atoms with Crippen LogP contribution in [-0.4, -0.2) is 52.2 Å². The highest BCUT2D eigenvalue weighted by Gasteiger charge is 2.32. The number of nitrogens with one attached hydrogen (secondary N) is 2. The Bertz CT molecular complexity index is 1140. The van der Waals surface area contributed by atoms with Gasteiger partial charge in [0.2, 0.25) is 11.8 Å². The van der Waals surface area contributed by atoms with Gasteiger partial charge in [-0.3, -0.25) is 9.59 Å². The van der Waals surface area contributed by atoms with Crippen LogP contribution in [0.15, 0.2) is 24.3 Å². The van der Waals surface area contributed by atoms with Gasteiger partial charge in [-0.1, -0.05) is 44.2 Å². The molecule has 220 valence electrons. The third kappa shape index (κ3) is 8.94. The fourth-order valence-corrected chi connectivity index (χ4v) is 6.02. The zero-order valence-electron chi connectivity index (χ0n) is 23.6. The number of anilines is 1. The van der Waals surface area contributed by atoms with Gasteiger partial charge in [-0.25, -0.2) is 13.5 Å². The van der Waals surface area contributed by atoms with Crippen molar-refractivity contribution in [2.45, 2.75) is 96.1 Å². The Labute approximate surface area is 240 Å². The van der Waals surface area contributed by atoms with Crippen LogP contribution in [0.4, 0.5) is 14.6 Å². The van der Waals surface area contributed by atoms with Gasteiger partial charge in [0.15, 0.2) is 0 Å². The molecule has 1 aromatic carbocycles. The summed E-state index contributed by atoms with van der Waals surface area (Å²) in [7, 11) is 0. The van der Waals surface area contributed by atoms with Crippen molar-refractivity contribution in [1.82, 2.24) is 15.1 Å². The molecular formula is C30H42F2N4O3S. The summed E-state index contributed by atoms with van der Waals surface area (Å²) in [5.74, 6) is -0.837. The lowest BCUT2D eigenvalue weighted by Gasteiger charge is -2.23. The molecule has 40 heavy (non-hydrogen) atoms. The first-order valence-corrected chi connectivity index (χ1v) is 15.9.